The predicted molar refractivity (Wildman–Crippen MR) is 233 cm³/mol. The highest BCUT2D eigenvalue weighted by atomic mass is 19.3. The summed E-state index contributed by atoms with van der Waals surface area (Å²) < 4.78 is 82.7. The number of nitrogens with zero attached hydrogens (tertiary/aromatic N) is 2. The van der Waals surface area contributed by atoms with E-state index < -0.39 is 42.0 Å². The molecule has 0 spiro atoms. The van der Waals surface area contributed by atoms with Crippen molar-refractivity contribution in [2.75, 3.05) is 36.2 Å². The van der Waals surface area contributed by atoms with Gasteiger partial charge in [0.15, 0.2) is 0 Å². The van der Waals surface area contributed by atoms with Crippen molar-refractivity contribution in [3.8, 4) is 23.0 Å². The molecule has 0 unspecified atom stereocenters. The number of alkyl halides is 2. The quantitative estimate of drug-likeness (QED) is 0.0830. The van der Waals surface area contributed by atoms with E-state index in [1.165, 1.54) is 29.2 Å². The number of hydrogen-bond acceptors (Lipinski definition) is 10. The number of carbonyl (C=O) groups is 4. The van der Waals surface area contributed by atoms with E-state index in [1.807, 2.05) is 6.92 Å². The minimum Gasteiger partial charge on any atom is -0.507 e. The van der Waals surface area contributed by atoms with E-state index in [-0.39, 0.29) is 91.1 Å². The molecule has 16 heteroatoms. The van der Waals surface area contributed by atoms with E-state index in [4.69, 9.17) is 23.7 Å². The lowest BCUT2D eigenvalue weighted by Crippen LogP contribution is -2.24. The Morgan fingerprint density at radius 2 is 1.02 bits per heavy atom. The number of hydrogen-bond donors (Lipinski definition) is 1. The van der Waals surface area contributed by atoms with Crippen LogP contribution in [0.2, 0.25) is 0 Å². The smallest absolute Gasteiger partial charge is 0.387 e. The van der Waals surface area contributed by atoms with Gasteiger partial charge in [-0.15, -0.1) is 0 Å². The van der Waals surface area contributed by atoms with Crippen LogP contribution in [0.1, 0.15) is 70.7 Å². The molecule has 0 aliphatic carbocycles. The highest BCUT2D eigenvalue weighted by Gasteiger charge is 2.39. The van der Waals surface area contributed by atoms with E-state index >= 15 is 4.39 Å². The van der Waals surface area contributed by atoms with E-state index in [1.54, 1.807) is 75.4 Å². The first-order valence-corrected chi connectivity index (χ1v) is 20.9. The van der Waals surface area contributed by atoms with Crippen LogP contribution in [0.3, 0.4) is 0 Å². The third-order valence-corrected chi connectivity index (χ3v) is 10.7. The molecule has 8 rings (SSSR count). The highest BCUT2D eigenvalue weighted by molar-refractivity contribution is 6.18. The van der Waals surface area contributed by atoms with Crippen molar-refractivity contribution in [1.29, 1.82) is 0 Å². The molecule has 0 radical (unpaired) electrons. The fourth-order valence-corrected chi connectivity index (χ4v) is 8.07. The van der Waals surface area contributed by atoms with Crippen molar-refractivity contribution in [2.24, 2.45) is 0 Å². The standard InChI is InChI=1S/C25H22F3NO5.C24H22FNO5/c1-3-32-20(30)12-14-9-10-19(18(26)11-14)29-13-17-21(24(29)31)23(33-4-2)16-8-6-5-7-15(16)22(17)34-25(27)28;1-3-30-20(27)12-14-9-10-19(18(25)11-14)26-13-17-21(24(26)29)23(31-4-2)16-8-6-5-7-15(16)22(17)28/h5-11,25H,3-4,12-13H2,1-2H3;5-11,28H,3-4,12-13H2,1-2H3. The molecule has 65 heavy (non-hydrogen) atoms. The van der Waals surface area contributed by atoms with E-state index in [9.17, 15) is 37.5 Å². The monoisotopic (exact) mass is 896 g/mol. The normalized spacial score (nSPS) is 12.9. The van der Waals surface area contributed by atoms with Gasteiger partial charge in [0.25, 0.3) is 11.8 Å². The molecule has 0 saturated carbocycles. The summed E-state index contributed by atoms with van der Waals surface area (Å²) in [6.07, 6.45) is -0.175. The van der Waals surface area contributed by atoms with E-state index in [0.29, 0.717) is 50.6 Å². The fourth-order valence-electron chi connectivity index (χ4n) is 8.07. The number of fused-ring (bicyclic) bond motifs is 4. The topological polar surface area (TPSA) is 141 Å². The number of amides is 2. The van der Waals surface area contributed by atoms with Gasteiger partial charge in [-0.1, -0.05) is 60.7 Å². The molecule has 6 aromatic carbocycles. The summed E-state index contributed by atoms with van der Waals surface area (Å²) in [5.41, 5.74) is 1.76. The molecule has 6 aromatic rings. The number of carbonyl (C=O) groups excluding carboxylic acids is 4. The Bertz CT molecular complexity index is 2830. The zero-order valence-corrected chi connectivity index (χ0v) is 35.8. The van der Waals surface area contributed by atoms with Crippen LogP contribution < -0.4 is 24.0 Å². The van der Waals surface area contributed by atoms with Crippen LogP contribution in [0, 0.1) is 11.6 Å². The molecule has 12 nitrogen and oxygen atoms in total. The van der Waals surface area contributed by atoms with Gasteiger partial charge in [-0.25, -0.2) is 8.78 Å². The van der Waals surface area contributed by atoms with Crippen LogP contribution in [-0.4, -0.2) is 61.9 Å². The molecular formula is C49H44F4N2O10. The lowest BCUT2D eigenvalue weighted by atomic mass is 9.99. The Morgan fingerprint density at radius 3 is 1.45 bits per heavy atom. The Kier molecular flexibility index (Phi) is 13.8. The average Bonchev–Trinajstić information content (AvgIpc) is 3.80. The lowest BCUT2D eigenvalue weighted by molar-refractivity contribution is -0.143. The largest absolute Gasteiger partial charge is 0.507 e. The summed E-state index contributed by atoms with van der Waals surface area (Å²) in [5.74, 6) is -2.88. The number of benzene rings is 6. The minimum absolute atomic E-state index is 0.00996. The maximum atomic E-state index is 15.0. The second-order valence-corrected chi connectivity index (χ2v) is 14.7. The zero-order chi connectivity index (χ0) is 46.5. The third kappa shape index (κ3) is 9.06. The van der Waals surface area contributed by atoms with Crippen LogP contribution in [-0.2, 0) is 45.0 Å². The van der Waals surface area contributed by atoms with Crippen LogP contribution >= 0.6 is 0 Å². The summed E-state index contributed by atoms with van der Waals surface area (Å²) in [6.45, 7) is 4.66. The van der Waals surface area contributed by atoms with Gasteiger partial charge in [0.2, 0.25) is 0 Å². The summed E-state index contributed by atoms with van der Waals surface area (Å²) in [4.78, 5) is 52.5. The first-order chi connectivity index (χ1) is 31.3. The number of anilines is 2. The molecule has 2 heterocycles. The molecule has 338 valence electrons. The molecule has 2 amide bonds. The van der Waals surface area contributed by atoms with Crippen LogP contribution in [0.15, 0.2) is 84.9 Å². The summed E-state index contributed by atoms with van der Waals surface area (Å²) in [5, 5.41) is 12.8. The minimum atomic E-state index is -3.12. The van der Waals surface area contributed by atoms with Crippen LogP contribution in [0.25, 0.3) is 21.5 Å². The van der Waals surface area contributed by atoms with Crippen molar-refractivity contribution < 1.29 is 65.5 Å². The van der Waals surface area contributed by atoms with Gasteiger partial charge in [0, 0.05) is 32.7 Å². The van der Waals surface area contributed by atoms with Gasteiger partial charge in [-0.2, -0.15) is 8.78 Å². The van der Waals surface area contributed by atoms with Gasteiger partial charge in [-0.05, 0) is 63.1 Å². The first kappa shape index (κ1) is 45.7. The number of rotatable bonds is 14. The molecule has 0 bridgehead atoms. The van der Waals surface area contributed by atoms with Crippen molar-refractivity contribution >= 4 is 56.7 Å². The molecule has 2 aliphatic heterocycles. The Morgan fingerprint density at radius 1 is 0.600 bits per heavy atom. The zero-order valence-electron chi connectivity index (χ0n) is 35.8. The van der Waals surface area contributed by atoms with Crippen molar-refractivity contribution in [1.82, 2.24) is 0 Å². The molecule has 2 aliphatic rings. The number of phenols is 1. The number of halogens is 4. The van der Waals surface area contributed by atoms with Crippen molar-refractivity contribution in [2.45, 2.75) is 60.2 Å². The van der Waals surface area contributed by atoms with Gasteiger partial charge in [-0.3, -0.25) is 19.2 Å². The van der Waals surface area contributed by atoms with Gasteiger partial charge >= 0.3 is 18.6 Å². The maximum absolute atomic E-state index is 15.0. The fraction of sp³-hybridized carbons (Fsp3) is 0.265. The lowest BCUT2D eigenvalue weighted by Gasteiger charge is -2.17. The second kappa shape index (κ2) is 19.6. The molecule has 0 atom stereocenters. The highest BCUT2D eigenvalue weighted by Crippen LogP contribution is 2.48. The number of aromatic hydroxyl groups is 1. The number of phenolic OH excluding ortho intramolecular Hbond substituents is 1. The number of ether oxygens (including phenoxy) is 5. The molecular weight excluding hydrogens is 853 g/mol. The predicted octanol–water partition coefficient (Wildman–Crippen LogP) is 9.59. The van der Waals surface area contributed by atoms with Gasteiger partial charge in [0.1, 0.15) is 34.6 Å². The Balaban J connectivity index is 0.000000195. The second-order valence-electron chi connectivity index (χ2n) is 14.7. The van der Waals surface area contributed by atoms with Crippen LogP contribution in [0.4, 0.5) is 28.9 Å². The molecule has 0 aromatic heterocycles. The van der Waals surface area contributed by atoms with Crippen molar-refractivity contribution in [3.05, 3.63) is 130 Å². The van der Waals surface area contributed by atoms with Gasteiger partial charge < -0.3 is 38.6 Å². The molecule has 0 saturated heterocycles. The Labute approximate surface area is 370 Å². The van der Waals surface area contributed by atoms with Crippen molar-refractivity contribution in [3.63, 3.8) is 0 Å². The summed E-state index contributed by atoms with van der Waals surface area (Å²) in [7, 11) is 0. The average molecular weight is 897 g/mol. The summed E-state index contributed by atoms with van der Waals surface area (Å²) >= 11 is 0. The Hall–Kier alpha value is -7.36. The molecule has 0 fully saturated rings. The van der Waals surface area contributed by atoms with Crippen LogP contribution in [0.5, 0.6) is 23.0 Å². The number of esters is 2. The van der Waals surface area contributed by atoms with Gasteiger partial charge in [0.05, 0.1) is 74.9 Å². The van der Waals surface area contributed by atoms with E-state index in [0.717, 1.165) is 11.0 Å². The maximum Gasteiger partial charge on any atom is 0.387 e. The SMILES string of the molecule is CCOC(=O)Cc1ccc(N2Cc3c(c(OCC)c4ccccc4c3O)C2=O)c(F)c1.CCOC(=O)Cc1ccc(N2Cc3c(c(OCC)c4ccccc4c3OC(F)F)C2=O)c(F)c1. The van der Waals surface area contributed by atoms with E-state index in [2.05, 4.69) is 0 Å². The first-order valence-electron chi connectivity index (χ1n) is 20.9. The molecule has 1 N–H and O–H groups in total. The summed E-state index contributed by atoms with van der Waals surface area (Å²) in [6, 6.07) is 22.1. The third-order valence-electron chi connectivity index (χ3n) is 10.7.